The molecule has 4 rings (SSSR count). The van der Waals surface area contributed by atoms with Crippen molar-refractivity contribution in [3.05, 3.63) is 53.9 Å². The van der Waals surface area contributed by atoms with E-state index in [0.717, 1.165) is 60.4 Å². The SMILES string of the molecule is CN=C(NCc1nc2ccccc2n1C)NC1CCN(Cc2cc(OC)cc(OC)c2)C1.I. The number of hydrogen-bond acceptors (Lipinski definition) is 5. The fourth-order valence-corrected chi connectivity index (χ4v) is 4.21. The first-order valence-corrected chi connectivity index (χ1v) is 10.9. The van der Waals surface area contributed by atoms with Crippen LogP contribution in [0.3, 0.4) is 0 Å². The van der Waals surface area contributed by atoms with E-state index in [4.69, 9.17) is 14.5 Å². The number of rotatable bonds is 7. The quantitative estimate of drug-likeness (QED) is 0.261. The van der Waals surface area contributed by atoms with E-state index >= 15 is 0 Å². The van der Waals surface area contributed by atoms with Crippen LogP contribution in [0.25, 0.3) is 11.0 Å². The van der Waals surface area contributed by atoms with Gasteiger partial charge in [0.1, 0.15) is 17.3 Å². The van der Waals surface area contributed by atoms with Gasteiger partial charge in [0.15, 0.2) is 5.96 Å². The lowest BCUT2D eigenvalue weighted by molar-refractivity contribution is 0.321. The van der Waals surface area contributed by atoms with Gasteiger partial charge in [0.25, 0.3) is 0 Å². The summed E-state index contributed by atoms with van der Waals surface area (Å²) >= 11 is 0. The predicted molar refractivity (Wildman–Crippen MR) is 143 cm³/mol. The summed E-state index contributed by atoms with van der Waals surface area (Å²) in [5, 5.41) is 6.97. The maximum Gasteiger partial charge on any atom is 0.191 e. The fourth-order valence-electron chi connectivity index (χ4n) is 4.21. The molecule has 8 nitrogen and oxygen atoms in total. The van der Waals surface area contributed by atoms with Crippen LogP contribution < -0.4 is 20.1 Å². The van der Waals surface area contributed by atoms with Gasteiger partial charge >= 0.3 is 0 Å². The lowest BCUT2D eigenvalue weighted by atomic mass is 10.2. The third kappa shape index (κ3) is 6.08. The zero-order valence-corrected chi connectivity index (χ0v) is 22.0. The molecule has 2 heterocycles. The van der Waals surface area contributed by atoms with Crippen molar-refractivity contribution in [2.45, 2.75) is 25.6 Å². The summed E-state index contributed by atoms with van der Waals surface area (Å²) in [5.41, 5.74) is 3.33. The third-order valence-corrected chi connectivity index (χ3v) is 5.95. The molecule has 2 N–H and O–H groups in total. The Kier molecular flexibility index (Phi) is 8.79. The summed E-state index contributed by atoms with van der Waals surface area (Å²) in [6.45, 7) is 3.45. The highest BCUT2D eigenvalue weighted by atomic mass is 127. The molecule has 1 aliphatic rings. The van der Waals surface area contributed by atoms with Crippen molar-refractivity contribution in [1.82, 2.24) is 25.1 Å². The van der Waals surface area contributed by atoms with E-state index in [2.05, 4.69) is 43.3 Å². The Morgan fingerprint density at radius 1 is 1.15 bits per heavy atom. The molecule has 33 heavy (non-hydrogen) atoms. The number of nitrogens with zero attached hydrogens (tertiary/aromatic N) is 4. The summed E-state index contributed by atoms with van der Waals surface area (Å²) < 4.78 is 12.9. The maximum atomic E-state index is 5.40. The van der Waals surface area contributed by atoms with Crippen LogP contribution >= 0.6 is 24.0 Å². The zero-order chi connectivity index (χ0) is 22.5. The van der Waals surface area contributed by atoms with Crippen LogP contribution in [0.15, 0.2) is 47.5 Å². The van der Waals surface area contributed by atoms with Crippen LogP contribution in [-0.4, -0.2) is 60.8 Å². The molecule has 1 fully saturated rings. The van der Waals surface area contributed by atoms with E-state index < -0.39 is 0 Å². The first-order valence-electron chi connectivity index (χ1n) is 10.9. The first kappa shape index (κ1) is 25.1. The molecule has 9 heteroatoms. The van der Waals surface area contributed by atoms with Gasteiger partial charge in [0, 0.05) is 45.8 Å². The molecule has 0 aliphatic carbocycles. The largest absolute Gasteiger partial charge is 0.497 e. The second-order valence-electron chi connectivity index (χ2n) is 8.09. The Morgan fingerprint density at radius 2 is 1.88 bits per heavy atom. The van der Waals surface area contributed by atoms with Crippen LogP contribution in [0.4, 0.5) is 0 Å². The van der Waals surface area contributed by atoms with Crippen molar-refractivity contribution < 1.29 is 9.47 Å². The van der Waals surface area contributed by atoms with Crippen LogP contribution in [0.1, 0.15) is 17.8 Å². The Labute approximate surface area is 212 Å². The number of aliphatic imine (C=N–C) groups is 1. The van der Waals surface area contributed by atoms with Crippen LogP contribution in [0.5, 0.6) is 11.5 Å². The van der Waals surface area contributed by atoms with Gasteiger partial charge in [-0.15, -0.1) is 24.0 Å². The number of hydrogen-bond donors (Lipinski definition) is 2. The molecule has 1 aromatic heterocycles. The van der Waals surface area contributed by atoms with Crippen molar-refractivity contribution in [3.8, 4) is 11.5 Å². The predicted octanol–water partition coefficient (Wildman–Crippen LogP) is 3.15. The third-order valence-electron chi connectivity index (χ3n) is 5.95. The highest BCUT2D eigenvalue weighted by Crippen LogP contribution is 2.24. The summed E-state index contributed by atoms with van der Waals surface area (Å²) in [7, 11) is 7.21. The number of nitrogens with one attached hydrogen (secondary N) is 2. The summed E-state index contributed by atoms with van der Waals surface area (Å²) in [6, 6.07) is 14.6. The van der Waals surface area contributed by atoms with Gasteiger partial charge in [-0.2, -0.15) is 0 Å². The zero-order valence-electron chi connectivity index (χ0n) is 19.7. The van der Waals surface area contributed by atoms with Crippen molar-refractivity contribution in [2.75, 3.05) is 34.4 Å². The van der Waals surface area contributed by atoms with Crippen LogP contribution in [-0.2, 0) is 20.1 Å². The molecule has 1 unspecified atom stereocenters. The number of ether oxygens (including phenoxy) is 2. The van der Waals surface area contributed by atoms with E-state index in [0.29, 0.717) is 12.6 Å². The van der Waals surface area contributed by atoms with Crippen molar-refractivity contribution in [3.63, 3.8) is 0 Å². The number of guanidine groups is 1. The molecule has 3 aromatic rings. The minimum absolute atomic E-state index is 0. The number of likely N-dealkylation sites (tertiary alicyclic amines) is 1. The second-order valence-corrected chi connectivity index (χ2v) is 8.09. The second kappa shape index (κ2) is 11.6. The van der Waals surface area contributed by atoms with Gasteiger partial charge in [0.2, 0.25) is 0 Å². The van der Waals surface area contributed by atoms with Crippen molar-refractivity contribution >= 4 is 41.0 Å². The lowest BCUT2D eigenvalue weighted by Gasteiger charge is -2.19. The molecule has 1 atom stereocenters. The summed E-state index contributed by atoms with van der Waals surface area (Å²) in [5.74, 6) is 3.42. The van der Waals surface area contributed by atoms with E-state index in [-0.39, 0.29) is 24.0 Å². The molecule has 1 saturated heterocycles. The minimum Gasteiger partial charge on any atom is -0.497 e. The number of aromatic nitrogens is 2. The number of imidazole rings is 1. The molecular formula is C24H33IN6O2. The Bertz CT molecular complexity index is 1080. The van der Waals surface area contributed by atoms with E-state index in [1.54, 1.807) is 21.3 Å². The van der Waals surface area contributed by atoms with Crippen LogP contribution in [0.2, 0.25) is 0 Å². The molecule has 178 valence electrons. The number of halogens is 1. The number of benzene rings is 2. The number of fused-ring (bicyclic) bond motifs is 1. The van der Waals surface area contributed by atoms with E-state index in [1.807, 2.05) is 31.3 Å². The minimum atomic E-state index is 0. The molecule has 0 bridgehead atoms. The highest BCUT2D eigenvalue weighted by molar-refractivity contribution is 14.0. The monoisotopic (exact) mass is 564 g/mol. The highest BCUT2D eigenvalue weighted by Gasteiger charge is 2.23. The Balaban J connectivity index is 0.00000306. The maximum absolute atomic E-state index is 5.40. The average Bonchev–Trinajstić information content (AvgIpc) is 3.39. The van der Waals surface area contributed by atoms with E-state index in [1.165, 1.54) is 5.56 Å². The summed E-state index contributed by atoms with van der Waals surface area (Å²) in [6.07, 6.45) is 1.06. The van der Waals surface area contributed by atoms with Gasteiger partial charge in [0.05, 0.1) is 31.8 Å². The number of para-hydroxylation sites is 2. The molecule has 0 radical (unpaired) electrons. The fraction of sp³-hybridized carbons (Fsp3) is 0.417. The summed E-state index contributed by atoms with van der Waals surface area (Å²) in [4.78, 5) is 11.6. The molecule has 0 amide bonds. The van der Waals surface area contributed by atoms with Gasteiger partial charge in [-0.3, -0.25) is 9.89 Å². The molecule has 0 saturated carbocycles. The first-order chi connectivity index (χ1) is 15.6. The van der Waals surface area contributed by atoms with Crippen LogP contribution in [0, 0.1) is 0 Å². The van der Waals surface area contributed by atoms with Gasteiger partial charge in [-0.25, -0.2) is 4.98 Å². The topological polar surface area (TPSA) is 75.9 Å². The van der Waals surface area contributed by atoms with E-state index in [9.17, 15) is 0 Å². The molecule has 1 aliphatic heterocycles. The van der Waals surface area contributed by atoms with Crippen molar-refractivity contribution in [1.29, 1.82) is 0 Å². The lowest BCUT2D eigenvalue weighted by Crippen LogP contribution is -2.44. The van der Waals surface area contributed by atoms with Crippen molar-refractivity contribution in [2.24, 2.45) is 12.0 Å². The standard InChI is InChI=1S/C24H32N6O2.HI/c1-25-24(26-14-23-28-21-7-5-6-8-22(21)29(23)2)27-18-9-10-30(16-18)15-17-11-19(31-3)13-20(12-17)32-4;/h5-8,11-13,18H,9-10,14-16H2,1-4H3,(H2,25,26,27);1H. The molecule has 2 aromatic carbocycles. The van der Waals surface area contributed by atoms with Gasteiger partial charge in [-0.1, -0.05) is 12.1 Å². The normalized spacial score (nSPS) is 16.5. The molecule has 0 spiro atoms. The molecular weight excluding hydrogens is 531 g/mol. The van der Waals surface area contributed by atoms with Gasteiger partial charge < -0.3 is 24.7 Å². The van der Waals surface area contributed by atoms with Gasteiger partial charge in [-0.05, 0) is 36.2 Å². The number of aryl methyl sites for hydroxylation is 1. The smallest absolute Gasteiger partial charge is 0.191 e. The Morgan fingerprint density at radius 3 is 2.55 bits per heavy atom. The average molecular weight is 564 g/mol. The number of methoxy groups -OCH3 is 2. The Hall–Kier alpha value is -2.53.